The van der Waals surface area contributed by atoms with Crippen molar-refractivity contribution < 1.29 is 32.6 Å². The molecule has 1 saturated heterocycles. The zero-order valence-electron chi connectivity index (χ0n) is 24.8. The number of ether oxygens (including phenoxy) is 1. The molecule has 1 aromatic heterocycles. The quantitative estimate of drug-likeness (QED) is 0.178. The SMILES string of the molecule is CC(=O)N1CCC[C@@H]1Cn1c(Cc2ccc(-c3ccc(F)c(OCc4ccc(Cl)cc4F)c3)cc2F)nc2ccc(C(=O)O)cc21. The van der Waals surface area contributed by atoms with E-state index in [0.717, 1.165) is 18.9 Å². The number of benzene rings is 4. The number of carbonyl (C=O) groups is 2. The number of likely N-dealkylation sites (tertiary alicyclic amines) is 1. The minimum absolute atomic E-state index is 0.0344. The third kappa shape index (κ3) is 6.44. The lowest BCUT2D eigenvalue weighted by molar-refractivity contribution is -0.129. The molecule has 1 fully saturated rings. The summed E-state index contributed by atoms with van der Waals surface area (Å²) in [5, 5.41) is 9.82. The van der Waals surface area contributed by atoms with Gasteiger partial charge in [0.15, 0.2) is 11.6 Å². The number of nitrogens with zero attached hydrogens (tertiary/aromatic N) is 3. The fraction of sp³-hybridized carbons (Fsp3) is 0.229. The number of halogens is 4. The normalized spacial score (nSPS) is 14.6. The molecular formula is C35H29ClF3N3O4. The molecule has 7 nitrogen and oxygen atoms in total. The van der Waals surface area contributed by atoms with Gasteiger partial charge in [0.2, 0.25) is 5.91 Å². The molecule has 1 aliphatic heterocycles. The number of hydrogen-bond acceptors (Lipinski definition) is 4. The molecule has 0 radical (unpaired) electrons. The molecule has 0 bridgehead atoms. The first kappa shape index (κ1) is 31.2. The zero-order valence-corrected chi connectivity index (χ0v) is 25.5. The summed E-state index contributed by atoms with van der Waals surface area (Å²) in [5.41, 5.74) is 2.80. The number of aromatic carboxylic acids is 1. The Labute approximate surface area is 267 Å². The van der Waals surface area contributed by atoms with Crippen LogP contribution in [-0.2, 0) is 24.4 Å². The van der Waals surface area contributed by atoms with Crippen molar-refractivity contribution in [1.82, 2.24) is 14.5 Å². The van der Waals surface area contributed by atoms with E-state index < -0.39 is 23.4 Å². The van der Waals surface area contributed by atoms with Gasteiger partial charge in [-0.1, -0.05) is 35.9 Å². The number of aromatic nitrogens is 2. The van der Waals surface area contributed by atoms with Crippen molar-refractivity contribution in [3.8, 4) is 16.9 Å². The van der Waals surface area contributed by atoms with Crippen molar-refractivity contribution in [3.63, 3.8) is 0 Å². The van der Waals surface area contributed by atoms with Crippen molar-refractivity contribution in [2.24, 2.45) is 0 Å². The van der Waals surface area contributed by atoms with Gasteiger partial charge in [-0.25, -0.2) is 22.9 Å². The van der Waals surface area contributed by atoms with Gasteiger partial charge in [-0.2, -0.15) is 0 Å². The Bertz CT molecular complexity index is 1980. The minimum Gasteiger partial charge on any atom is -0.486 e. The molecular weight excluding hydrogens is 619 g/mol. The van der Waals surface area contributed by atoms with E-state index >= 15 is 4.39 Å². The van der Waals surface area contributed by atoms with Crippen LogP contribution in [0.3, 0.4) is 0 Å². The van der Waals surface area contributed by atoms with Gasteiger partial charge in [-0.05, 0) is 78.1 Å². The van der Waals surface area contributed by atoms with Gasteiger partial charge in [-0.3, -0.25) is 4.79 Å². The van der Waals surface area contributed by atoms with Crippen LogP contribution in [0.4, 0.5) is 13.2 Å². The molecule has 1 N–H and O–H groups in total. The average molecular weight is 648 g/mol. The fourth-order valence-electron chi connectivity index (χ4n) is 5.92. The first-order chi connectivity index (χ1) is 22.1. The maximum absolute atomic E-state index is 15.7. The van der Waals surface area contributed by atoms with Crippen LogP contribution in [0.5, 0.6) is 5.75 Å². The highest BCUT2D eigenvalue weighted by molar-refractivity contribution is 6.30. The number of fused-ring (bicyclic) bond motifs is 1. The molecule has 46 heavy (non-hydrogen) atoms. The molecule has 1 atom stereocenters. The summed E-state index contributed by atoms with van der Waals surface area (Å²) in [7, 11) is 0. The Morgan fingerprint density at radius 1 is 0.935 bits per heavy atom. The van der Waals surface area contributed by atoms with E-state index in [1.807, 2.05) is 4.57 Å². The maximum atomic E-state index is 15.7. The number of carboxylic acid groups (broad SMARTS) is 1. The predicted octanol–water partition coefficient (Wildman–Crippen LogP) is 7.65. The van der Waals surface area contributed by atoms with Crippen LogP contribution >= 0.6 is 11.6 Å². The van der Waals surface area contributed by atoms with E-state index in [1.54, 1.807) is 29.2 Å². The highest BCUT2D eigenvalue weighted by atomic mass is 35.5. The van der Waals surface area contributed by atoms with Crippen molar-refractivity contribution in [2.45, 2.75) is 45.4 Å². The second-order valence-corrected chi connectivity index (χ2v) is 11.7. The second-order valence-electron chi connectivity index (χ2n) is 11.3. The molecule has 0 spiro atoms. The van der Waals surface area contributed by atoms with Crippen molar-refractivity contribution in [1.29, 1.82) is 0 Å². The summed E-state index contributed by atoms with van der Waals surface area (Å²) in [4.78, 5) is 30.5. The Morgan fingerprint density at radius 3 is 2.41 bits per heavy atom. The first-order valence-electron chi connectivity index (χ1n) is 14.7. The smallest absolute Gasteiger partial charge is 0.335 e. The van der Waals surface area contributed by atoms with E-state index in [9.17, 15) is 23.5 Å². The Balaban J connectivity index is 1.28. The first-order valence-corrected chi connectivity index (χ1v) is 15.1. The van der Waals surface area contributed by atoms with Crippen LogP contribution in [0, 0.1) is 17.5 Å². The van der Waals surface area contributed by atoms with E-state index in [2.05, 4.69) is 0 Å². The monoisotopic (exact) mass is 647 g/mol. The lowest BCUT2D eigenvalue weighted by Crippen LogP contribution is -2.36. The van der Waals surface area contributed by atoms with Gasteiger partial charge in [0.05, 0.1) is 16.6 Å². The summed E-state index contributed by atoms with van der Waals surface area (Å²) >= 11 is 5.80. The Morgan fingerprint density at radius 2 is 1.67 bits per heavy atom. The molecule has 1 amide bonds. The lowest BCUT2D eigenvalue weighted by atomic mass is 10.0. The number of amides is 1. The van der Waals surface area contributed by atoms with Gasteiger partial charge >= 0.3 is 5.97 Å². The predicted molar refractivity (Wildman–Crippen MR) is 167 cm³/mol. The molecule has 5 aromatic rings. The van der Waals surface area contributed by atoms with Crippen LogP contribution in [-0.4, -0.2) is 44.0 Å². The second kappa shape index (κ2) is 12.9. The van der Waals surface area contributed by atoms with E-state index in [-0.39, 0.29) is 46.9 Å². The largest absolute Gasteiger partial charge is 0.486 e. The Kier molecular flexibility index (Phi) is 8.73. The summed E-state index contributed by atoms with van der Waals surface area (Å²) in [6, 6.07) is 17.5. The van der Waals surface area contributed by atoms with E-state index in [0.29, 0.717) is 46.6 Å². The Hall–Kier alpha value is -4.83. The molecule has 11 heteroatoms. The number of hydrogen-bond donors (Lipinski definition) is 1. The summed E-state index contributed by atoms with van der Waals surface area (Å²) in [6.45, 7) is 2.34. The van der Waals surface area contributed by atoms with Crippen LogP contribution in [0.15, 0.2) is 72.8 Å². The van der Waals surface area contributed by atoms with E-state index in [4.69, 9.17) is 21.3 Å². The standard InChI is InChI=1S/C35H29ClF3N3O4/c1-20(43)41-12-2-3-27(41)18-42-32-14-24(35(44)45)8-11-31(32)40-34(42)16-23-5-4-21(13-29(23)38)22-7-10-28(37)33(15-22)46-19-25-6-9-26(36)17-30(25)39/h4-11,13-15,17,27H,2-3,12,16,18-19H2,1H3,(H,44,45)/t27-/m1/s1. The third-order valence-corrected chi connectivity index (χ3v) is 8.55. The van der Waals surface area contributed by atoms with Crippen molar-refractivity contribution in [3.05, 3.63) is 118 Å². The molecule has 0 saturated carbocycles. The molecule has 4 aromatic carbocycles. The summed E-state index contributed by atoms with van der Waals surface area (Å²) < 4.78 is 51.8. The number of carbonyl (C=O) groups excluding carboxylic acids is 1. The molecule has 0 aliphatic carbocycles. The van der Waals surface area contributed by atoms with Gasteiger partial charge < -0.3 is 19.3 Å². The van der Waals surface area contributed by atoms with Crippen molar-refractivity contribution >= 4 is 34.5 Å². The highest BCUT2D eigenvalue weighted by Crippen LogP contribution is 2.31. The number of rotatable bonds is 9. The summed E-state index contributed by atoms with van der Waals surface area (Å²) in [6.07, 6.45) is 1.76. The molecule has 236 valence electrons. The van der Waals surface area contributed by atoms with Crippen LogP contribution in [0.1, 0.15) is 47.1 Å². The highest BCUT2D eigenvalue weighted by Gasteiger charge is 2.28. The fourth-order valence-corrected chi connectivity index (χ4v) is 6.08. The lowest BCUT2D eigenvalue weighted by Gasteiger charge is -2.25. The zero-order chi connectivity index (χ0) is 32.5. The third-order valence-electron chi connectivity index (χ3n) is 8.31. The van der Waals surface area contributed by atoms with Gasteiger partial charge in [-0.15, -0.1) is 0 Å². The minimum atomic E-state index is -1.07. The number of imidazole rings is 1. The van der Waals surface area contributed by atoms with Crippen LogP contribution in [0.25, 0.3) is 22.2 Å². The molecule has 0 unspecified atom stereocenters. The molecule has 2 heterocycles. The number of carboxylic acids is 1. The van der Waals surface area contributed by atoms with Gasteiger partial charge in [0.1, 0.15) is 24.1 Å². The molecule has 1 aliphatic rings. The summed E-state index contributed by atoms with van der Waals surface area (Å²) in [5.74, 6) is -2.42. The van der Waals surface area contributed by atoms with Gasteiger partial charge in [0.25, 0.3) is 0 Å². The van der Waals surface area contributed by atoms with E-state index in [1.165, 1.54) is 49.4 Å². The van der Waals surface area contributed by atoms with Crippen molar-refractivity contribution in [2.75, 3.05) is 6.54 Å². The van der Waals surface area contributed by atoms with Gasteiger partial charge in [0, 0.05) is 43.1 Å². The van der Waals surface area contributed by atoms with Crippen LogP contribution < -0.4 is 4.74 Å². The van der Waals surface area contributed by atoms with Crippen LogP contribution in [0.2, 0.25) is 5.02 Å². The maximum Gasteiger partial charge on any atom is 0.335 e. The molecule has 6 rings (SSSR count). The average Bonchev–Trinajstić information content (AvgIpc) is 3.63. The topological polar surface area (TPSA) is 84.7 Å².